The van der Waals surface area contributed by atoms with E-state index in [0.29, 0.717) is 21.7 Å². The first-order valence-corrected chi connectivity index (χ1v) is 12.7. The Balaban J connectivity index is 1.37. The molecule has 3 aromatic rings. The minimum atomic E-state index is -0.186. The van der Waals surface area contributed by atoms with Crippen LogP contribution in [0.1, 0.15) is 44.1 Å². The van der Waals surface area contributed by atoms with Crippen LogP contribution in [-0.2, 0) is 9.59 Å². The van der Waals surface area contributed by atoms with Crippen LogP contribution in [0, 0.1) is 0 Å². The second kappa shape index (κ2) is 11.9. The zero-order chi connectivity index (χ0) is 23.8. The second-order valence-corrected chi connectivity index (χ2v) is 9.70. The molecular weight excluding hydrogens is 468 g/mol. The first-order chi connectivity index (χ1) is 16.6. The van der Waals surface area contributed by atoms with Crippen molar-refractivity contribution in [2.24, 2.45) is 0 Å². The van der Waals surface area contributed by atoms with Gasteiger partial charge < -0.3 is 10.2 Å². The Hall–Kier alpha value is -3.03. The molecule has 1 saturated carbocycles. The number of carbonyl (C=O) groups is 2. The predicted molar refractivity (Wildman–Crippen MR) is 138 cm³/mol. The molecule has 2 amide bonds. The van der Waals surface area contributed by atoms with Crippen LogP contribution >= 0.6 is 22.9 Å². The third-order valence-electron chi connectivity index (χ3n) is 5.84. The van der Waals surface area contributed by atoms with Gasteiger partial charge in [-0.25, -0.2) is 0 Å². The Labute approximate surface area is 208 Å². The Morgan fingerprint density at radius 1 is 1.06 bits per heavy atom. The van der Waals surface area contributed by atoms with E-state index in [1.165, 1.54) is 17.8 Å². The Morgan fingerprint density at radius 2 is 1.85 bits per heavy atom. The van der Waals surface area contributed by atoms with Gasteiger partial charge in [-0.2, -0.15) is 0 Å². The van der Waals surface area contributed by atoms with E-state index in [2.05, 4.69) is 15.5 Å². The highest BCUT2D eigenvalue weighted by Gasteiger charge is 2.24. The topological polar surface area (TPSA) is 75.2 Å². The van der Waals surface area contributed by atoms with Gasteiger partial charge in [-0.3, -0.25) is 9.59 Å². The molecule has 0 bridgehead atoms. The minimum Gasteiger partial charge on any atom is -0.336 e. The van der Waals surface area contributed by atoms with Gasteiger partial charge in [-0.05, 0) is 36.6 Å². The third-order valence-corrected chi connectivity index (χ3v) is 6.96. The summed E-state index contributed by atoms with van der Waals surface area (Å²) in [5.41, 5.74) is 1.83. The van der Waals surface area contributed by atoms with Crippen molar-refractivity contribution < 1.29 is 9.59 Å². The highest BCUT2D eigenvalue weighted by atomic mass is 35.5. The van der Waals surface area contributed by atoms with Gasteiger partial charge in [0.15, 0.2) is 0 Å². The highest BCUT2D eigenvalue weighted by molar-refractivity contribution is 7.18. The number of hydrogen-bond donors (Lipinski definition) is 1. The fourth-order valence-corrected chi connectivity index (χ4v) is 5.05. The molecular formula is C26H27ClN4O2S. The molecule has 0 saturated heterocycles. The molecule has 1 heterocycles. The van der Waals surface area contributed by atoms with Crippen molar-refractivity contribution in [2.45, 2.75) is 44.6 Å². The lowest BCUT2D eigenvalue weighted by Gasteiger charge is -2.33. The van der Waals surface area contributed by atoms with Gasteiger partial charge in [0.1, 0.15) is 5.01 Å². The number of rotatable bonds is 8. The van der Waals surface area contributed by atoms with Gasteiger partial charge >= 0.3 is 0 Å². The number of amides is 2. The van der Waals surface area contributed by atoms with Gasteiger partial charge in [0, 0.05) is 35.7 Å². The monoisotopic (exact) mass is 494 g/mol. The lowest BCUT2D eigenvalue weighted by atomic mass is 9.94. The fraction of sp³-hybridized carbons (Fsp3) is 0.308. The van der Waals surface area contributed by atoms with Crippen molar-refractivity contribution in [2.75, 3.05) is 11.9 Å². The van der Waals surface area contributed by atoms with E-state index in [9.17, 15) is 9.59 Å². The van der Waals surface area contributed by atoms with E-state index in [-0.39, 0.29) is 24.3 Å². The van der Waals surface area contributed by atoms with Crippen molar-refractivity contribution in [3.8, 4) is 10.6 Å². The van der Waals surface area contributed by atoms with Crippen LogP contribution in [-0.4, -0.2) is 39.5 Å². The van der Waals surface area contributed by atoms with E-state index >= 15 is 0 Å². The Morgan fingerprint density at radius 3 is 2.62 bits per heavy atom. The van der Waals surface area contributed by atoms with E-state index in [1.54, 1.807) is 12.1 Å². The van der Waals surface area contributed by atoms with Gasteiger partial charge in [0.25, 0.3) is 0 Å². The molecule has 1 N–H and O–H groups in total. The molecule has 34 heavy (non-hydrogen) atoms. The minimum absolute atomic E-state index is 0.0530. The molecule has 2 aromatic carbocycles. The van der Waals surface area contributed by atoms with Crippen LogP contribution in [0.4, 0.5) is 5.13 Å². The summed E-state index contributed by atoms with van der Waals surface area (Å²) in [5, 5.41) is 12.8. The van der Waals surface area contributed by atoms with Crippen LogP contribution < -0.4 is 5.32 Å². The fourth-order valence-electron chi connectivity index (χ4n) is 4.11. The number of halogens is 1. The van der Waals surface area contributed by atoms with Crippen LogP contribution in [0.3, 0.4) is 0 Å². The lowest BCUT2D eigenvalue weighted by Crippen LogP contribution is -2.42. The van der Waals surface area contributed by atoms with Crippen molar-refractivity contribution in [3.63, 3.8) is 0 Å². The molecule has 0 unspecified atom stereocenters. The van der Waals surface area contributed by atoms with E-state index in [4.69, 9.17) is 11.6 Å². The molecule has 0 aliphatic heterocycles. The summed E-state index contributed by atoms with van der Waals surface area (Å²) in [5.74, 6) is -0.239. The van der Waals surface area contributed by atoms with Crippen LogP contribution in [0.5, 0.6) is 0 Å². The molecule has 1 aliphatic carbocycles. The Bertz CT molecular complexity index is 1140. The zero-order valence-corrected chi connectivity index (χ0v) is 20.4. The number of hydrogen-bond acceptors (Lipinski definition) is 5. The smallest absolute Gasteiger partial charge is 0.246 e. The molecule has 0 radical (unpaired) electrons. The number of anilines is 1. The maximum atomic E-state index is 13.1. The maximum Gasteiger partial charge on any atom is 0.246 e. The average molecular weight is 495 g/mol. The number of carbonyl (C=O) groups excluding carboxylic acids is 2. The molecule has 0 spiro atoms. The summed E-state index contributed by atoms with van der Waals surface area (Å²) in [4.78, 5) is 27.6. The molecule has 8 heteroatoms. The SMILES string of the molecule is O=C(CCN(C(=O)/C=C/c1ccccc1)C1CCCCC1)Nc1nnc(-c2cccc(Cl)c2)s1. The first kappa shape index (κ1) is 24.1. The molecule has 4 rings (SSSR count). The van der Waals surface area contributed by atoms with Crippen molar-refractivity contribution in [1.29, 1.82) is 0 Å². The van der Waals surface area contributed by atoms with Crippen LogP contribution in [0.2, 0.25) is 5.02 Å². The van der Waals surface area contributed by atoms with Gasteiger partial charge in [-0.15, -0.1) is 10.2 Å². The summed E-state index contributed by atoms with van der Waals surface area (Å²) in [6, 6.07) is 17.3. The number of nitrogens with one attached hydrogen (secondary N) is 1. The largest absolute Gasteiger partial charge is 0.336 e. The molecule has 176 valence electrons. The van der Waals surface area contributed by atoms with Crippen molar-refractivity contribution >= 4 is 46.0 Å². The van der Waals surface area contributed by atoms with E-state index in [1.807, 2.05) is 59.5 Å². The van der Waals surface area contributed by atoms with Gasteiger partial charge in [0.2, 0.25) is 16.9 Å². The molecule has 6 nitrogen and oxygen atoms in total. The summed E-state index contributed by atoms with van der Waals surface area (Å²) >= 11 is 7.35. The second-order valence-electron chi connectivity index (χ2n) is 8.29. The standard InChI is InChI=1S/C26H27ClN4O2S/c27-21-11-7-10-20(18-21)25-29-30-26(34-25)28-23(32)16-17-31(22-12-5-2-6-13-22)24(33)15-14-19-8-3-1-4-9-19/h1,3-4,7-11,14-15,18,22H,2,5-6,12-13,16-17H2,(H,28,30,32)/b15-14+. The number of aromatic nitrogens is 2. The number of nitrogens with zero attached hydrogens (tertiary/aromatic N) is 3. The van der Waals surface area contributed by atoms with Gasteiger partial charge in [-0.1, -0.05) is 84.7 Å². The summed E-state index contributed by atoms with van der Waals surface area (Å²) in [6.07, 6.45) is 9.02. The van der Waals surface area contributed by atoms with Crippen LogP contribution in [0.15, 0.2) is 60.7 Å². The highest BCUT2D eigenvalue weighted by Crippen LogP contribution is 2.28. The summed E-state index contributed by atoms with van der Waals surface area (Å²) in [6.45, 7) is 0.369. The van der Waals surface area contributed by atoms with Crippen molar-refractivity contribution in [3.05, 3.63) is 71.3 Å². The lowest BCUT2D eigenvalue weighted by molar-refractivity contribution is -0.129. The first-order valence-electron chi connectivity index (χ1n) is 11.5. The molecule has 1 aromatic heterocycles. The van der Waals surface area contributed by atoms with Gasteiger partial charge in [0.05, 0.1) is 0 Å². The van der Waals surface area contributed by atoms with Crippen LogP contribution in [0.25, 0.3) is 16.6 Å². The van der Waals surface area contributed by atoms with E-state index in [0.717, 1.165) is 36.8 Å². The zero-order valence-electron chi connectivity index (χ0n) is 18.8. The van der Waals surface area contributed by atoms with E-state index < -0.39 is 0 Å². The predicted octanol–water partition coefficient (Wildman–Crippen LogP) is 6.06. The number of benzene rings is 2. The normalized spacial score (nSPS) is 14.3. The van der Waals surface area contributed by atoms with Crippen molar-refractivity contribution in [1.82, 2.24) is 15.1 Å². The molecule has 0 atom stereocenters. The summed E-state index contributed by atoms with van der Waals surface area (Å²) in [7, 11) is 0. The third kappa shape index (κ3) is 6.74. The maximum absolute atomic E-state index is 13.1. The summed E-state index contributed by atoms with van der Waals surface area (Å²) < 4.78 is 0. The quantitative estimate of drug-likeness (QED) is 0.386. The average Bonchev–Trinajstić information content (AvgIpc) is 3.32. The molecule has 1 fully saturated rings. The molecule has 1 aliphatic rings. The Kier molecular flexibility index (Phi) is 8.44.